The Labute approximate surface area is 126 Å². The molecule has 1 unspecified atom stereocenters. The Morgan fingerprint density at radius 2 is 2.24 bits per heavy atom. The quantitative estimate of drug-likeness (QED) is 0.888. The molecule has 2 amide bonds. The molecule has 3 rings (SSSR count). The number of hydrogen-bond donors (Lipinski definition) is 2. The smallest absolute Gasteiger partial charge is 0.321 e. The second kappa shape index (κ2) is 5.44. The highest BCUT2D eigenvalue weighted by molar-refractivity contribution is 7.15. The molecule has 0 bridgehead atoms. The van der Waals surface area contributed by atoms with Gasteiger partial charge in [-0.25, -0.2) is 14.2 Å². The first kappa shape index (κ1) is 14.0. The lowest BCUT2D eigenvalue weighted by Gasteiger charge is -2.14. The van der Waals surface area contributed by atoms with Gasteiger partial charge in [-0.05, 0) is 49.9 Å². The molecule has 110 valence electrons. The van der Waals surface area contributed by atoms with E-state index in [2.05, 4.69) is 15.6 Å². The summed E-state index contributed by atoms with van der Waals surface area (Å²) in [5, 5.41) is 6.28. The van der Waals surface area contributed by atoms with Gasteiger partial charge in [0, 0.05) is 4.88 Å². The summed E-state index contributed by atoms with van der Waals surface area (Å²) in [4.78, 5) is 17.4. The molecule has 0 saturated heterocycles. The van der Waals surface area contributed by atoms with Gasteiger partial charge in [0.2, 0.25) is 0 Å². The van der Waals surface area contributed by atoms with Crippen molar-refractivity contribution in [1.82, 2.24) is 10.3 Å². The predicted octanol–water partition coefficient (Wildman–Crippen LogP) is 3.71. The molecular formula is C15H16FN3OS. The lowest BCUT2D eigenvalue weighted by Crippen LogP contribution is -2.31. The van der Waals surface area contributed by atoms with Crippen LogP contribution in [0.5, 0.6) is 0 Å². The molecule has 6 heteroatoms. The van der Waals surface area contributed by atoms with Crippen molar-refractivity contribution in [1.29, 1.82) is 0 Å². The molecular weight excluding hydrogens is 289 g/mol. The molecule has 2 N–H and O–H groups in total. The number of aryl methyl sites for hydroxylation is 3. The van der Waals surface area contributed by atoms with Crippen LogP contribution in [-0.4, -0.2) is 11.0 Å². The minimum atomic E-state index is -0.272. The third-order valence-corrected chi connectivity index (χ3v) is 4.73. The molecule has 1 aromatic heterocycles. The van der Waals surface area contributed by atoms with Crippen LogP contribution in [0.3, 0.4) is 0 Å². The zero-order valence-corrected chi connectivity index (χ0v) is 12.7. The predicted molar refractivity (Wildman–Crippen MR) is 81.2 cm³/mol. The summed E-state index contributed by atoms with van der Waals surface area (Å²) >= 11 is 1.46. The van der Waals surface area contributed by atoms with E-state index in [0.29, 0.717) is 5.13 Å². The highest BCUT2D eigenvalue weighted by Gasteiger charge is 2.24. The summed E-state index contributed by atoms with van der Waals surface area (Å²) < 4.78 is 13.2. The van der Waals surface area contributed by atoms with Crippen LogP contribution in [-0.2, 0) is 6.42 Å². The van der Waals surface area contributed by atoms with Crippen LogP contribution in [0.4, 0.5) is 14.3 Å². The first-order valence-corrected chi connectivity index (χ1v) is 7.64. The maximum atomic E-state index is 13.2. The molecule has 0 radical (unpaired) electrons. The van der Waals surface area contributed by atoms with E-state index in [4.69, 9.17) is 0 Å². The molecule has 1 aliphatic carbocycles. The number of nitrogens with zero attached hydrogens (tertiary/aromatic N) is 1. The van der Waals surface area contributed by atoms with Gasteiger partial charge in [0.1, 0.15) is 5.82 Å². The maximum Gasteiger partial charge on any atom is 0.321 e. The average molecular weight is 305 g/mol. The van der Waals surface area contributed by atoms with E-state index >= 15 is 0 Å². The van der Waals surface area contributed by atoms with Gasteiger partial charge < -0.3 is 5.32 Å². The molecule has 2 aromatic rings. The van der Waals surface area contributed by atoms with E-state index in [0.717, 1.165) is 34.5 Å². The van der Waals surface area contributed by atoms with Gasteiger partial charge in [0.15, 0.2) is 5.13 Å². The van der Waals surface area contributed by atoms with Crippen molar-refractivity contribution in [2.75, 3.05) is 5.32 Å². The van der Waals surface area contributed by atoms with Crippen molar-refractivity contribution in [3.05, 3.63) is 45.7 Å². The molecule has 1 aromatic carbocycles. The van der Waals surface area contributed by atoms with Crippen molar-refractivity contribution >= 4 is 22.5 Å². The number of urea groups is 1. The Kier molecular flexibility index (Phi) is 3.63. The third kappa shape index (κ3) is 2.90. The monoisotopic (exact) mass is 305 g/mol. The third-order valence-electron chi connectivity index (χ3n) is 3.74. The van der Waals surface area contributed by atoms with Gasteiger partial charge in [-0.15, -0.1) is 11.3 Å². The fraction of sp³-hybridized carbons (Fsp3) is 0.333. The minimum Gasteiger partial charge on any atom is -0.331 e. The molecule has 21 heavy (non-hydrogen) atoms. The molecule has 0 spiro atoms. The van der Waals surface area contributed by atoms with Gasteiger partial charge >= 0.3 is 6.03 Å². The molecule has 1 aliphatic rings. The fourth-order valence-corrected chi connectivity index (χ4v) is 3.36. The van der Waals surface area contributed by atoms with Crippen molar-refractivity contribution in [3.8, 4) is 0 Å². The van der Waals surface area contributed by atoms with Crippen LogP contribution >= 0.6 is 11.3 Å². The second-order valence-corrected chi connectivity index (χ2v) is 6.40. The highest BCUT2D eigenvalue weighted by atomic mass is 32.1. The summed E-state index contributed by atoms with van der Waals surface area (Å²) in [5.41, 5.74) is 2.90. The number of amides is 2. The summed E-state index contributed by atoms with van der Waals surface area (Å²) in [6, 6.07) is 4.39. The number of aromatic nitrogens is 1. The normalized spacial score (nSPS) is 16.6. The Bertz CT molecular complexity index is 679. The lowest BCUT2D eigenvalue weighted by molar-refractivity contribution is 0.248. The number of rotatable bonds is 2. The second-order valence-electron chi connectivity index (χ2n) is 5.19. The van der Waals surface area contributed by atoms with Gasteiger partial charge in [0.25, 0.3) is 0 Å². The number of hydrogen-bond acceptors (Lipinski definition) is 3. The van der Waals surface area contributed by atoms with Gasteiger partial charge in [-0.2, -0.15) is 0 Å². The van der Waals surface area contributed by atoms with Gasteiger partial charge in [-0.3, -0.25) is 5.32 Å². The Balaban J connectivity index is 1.67. The van der Waals surface area contributed by atoms with Crippen LogP contribution in [0.25, 0.3) is 0 Å². The number of nitrogens with one attached hydrogen (secondary N) is 2. The molecule has 1 heterocycles. The summed E-state index contributed by atoms with van der Waals surface area (Å²) in [5.74, 6) is -0.229. The van der Waals surface area contributed by atoms with Gasteiger partial charge in [0.05, 0.1) is 11.7 Å². The lowest BCUT2D eigenvalue weighted by atomic mass is 10.1. The van der Waals surface area contributed by atoms with E-state index in [1.807, 2.05) is 13.8 Å². The number of carbonyl (C=O) groups excluding carboxylic acids is 1. The molecule has 0 fully saturated rings. The van der Waals surface area contributed by atoms with E-state index in [-0.39, 0.29) is 17.9 Å². The number of thiazole rings is 1. The molecule has 0 saturated carbocycles. The van der Waals surface area contributed by atoms with Crippen molar-refractivity contribution in [2.24, 2.45) is 0 Å². The van der Waals surface area contributed by atoms with Gasteiger partial charge in [-0.1, -0.05) is 6.07 Å². The van der Waals surface area contributed by atoms with E-state index in [9.17, 15) is 9.18 Å². The average Bonchev–Trinajstić information content (AvgIpc) is 2.94. The largest absolute Gasteiger partial charge is 0.331 e. The summed E-state index contributed by atoms with van der Waals surface area (Å²) in [6.45, 7) is 3.88. The zero-order valence-electron chi connectivity index (χ0n) is 11.9. The number of carbonyl (C=O) groups is 1. The standard InChI is InChI=1S/C15H16FN3OS/c1-8-9(2)21-15(17-8)19-14(20)18-13-6-3-10-7-11(16)4-5-12(10)13/h4-5,7,13H,3,6H2,1-2H3,(H2,17,18,19,20). The van der Waals surface area contributed by atoms with Crippen LogP contribution in [0.15, 0.2) is 18.2 Å². The van der Waals surface area contributed by atoms with Crippen LogP contribution in [0, 0.1) is 19.7 Å². The van der Waals surface area contributed by atoms with E-state index in [1.54, 1.807) is 12.1 Å². The summed E-state index contributed by atoms with van der Waals surface area (Å²) in [6.07, 6.45) is 1.58. The Hall–Kier alpha value is -1.95. The fourth-order valence-electron chi connectivity index (χ4n) is 2.55. The minimum absolute atomic E-state index is 0.0669. The highest BCUT2D eigenvalue weighted by Crippen LogP contribution is 2.31. The summed E-state index contributed by atoms with van der Waals surface area (Å²) in [7, 11) is 0. The van der Waals surface area contributed by atoms with E-state index in [1.165, 1.54) is 17.4 Å². The van der Waals surface area contributed by atoms with Crippen LogP contribution < -0.4 is 10.6 Å². The molecule has 4 nitrogen and oxygen atoms in total. The van der Waals surface area contributed by atoms with E-state index < -0.39 is 0 Å². The maximum absolute atomic E-state index is 13.2. The van der Waals surface area contributed by atoms with Crippen LogP contribution in [0.1, 0.15) is 34.2 Å². The zero-order chi connectivity index (χ0) is 15.0. The van der Waals surface area contributed by atoms with Crippen molar-refractivity contribution < 1.29 is 9.18 Å². The SMILES string of the molecule is Cc1nc(NC(=O)NC2CCc3cc(F)ccc32)sc1C. The molecule has 0 aliphatic heterocycles. The first-order chi connectivity index (χ1) is 10.0. The Morgan fingerprint density at radius 3 is 2.95 bits per heavy atom. The number of halogens is 1. The first-order valence-electron chi connectivity index (χ1n) is 6.83. The number of anilines is 1. The number of benzene rings is 1. The van der Waals surface area contributed by atoms with Crippen molar-refractivity contribution in [2.45, 2.75) is 32.7 Å². The Morgan fingerprint density at radius 1 is 1.43 bits per heavy atom. The van der Waals surface area contributed by atoms with Crippen LogP contribution in [0.2, 0.25) is 0 Å². The topological polar surface area (TPSA) is 54.0 Å². The van der Waals surface area contributed by atoms with Crippen molar-refractivity contribution in [3.63, 3.8) is 0 Å². The molecule has 1 atom stereocenters. The number of fused-ring (bicyclic) bond motifs is 1.